The van der Waals surface area contributed by atoms with E-state index in [0.29, 0.717) is 49.3 Å². The van der Waals surface area contributed by atoms with Crippen molar-refractivity contribution in [3.63, 3.8) is 0 Å². The number of nitrogens with zero attached hydrogens (tertiary/aromatic N) is 3. The van der Waals surface area contributed by atoms with Gasteiger partial charge in [-0.05, 0) is 38.8 Å². The number of urea groups is 1. The number of hydrogen-bond donors (Lipinski definition) is 1. The first-order chi connectivity index (χ1) is 12.6. The molecule has 0 radical (unpaired) electrons. The summed E-state index contributed by atoms with van der Waals surface area (Å²) in [7, 11) is 0. The topological polar surface area (TPSA) is 80.5 Å². The van der Waals surface area contributed by atoms with E-state index in [1.807, 2.05) is 6.92 Å². The van der Waals surface area contributed by atoms with Crippen LogP contribution in [0.2, 0.25) is 0 Å². The second-order valence-corrected chi connectivity index (χ2v) is 6.31. The fourth-order valence-corrected chi connectivity index (χ4v) is 2.99. The zero-order valence-electron chi connectivity index (χ0n) is 15.0. The molecule has 0 aliphatic carbocycles. The van der Waals surface area contributed by atoms with E-state index in [9.17, 15) is 9.18 Å². The molecule has 1 atom stereocenters. The van der Waals surface area contributed by atoms with Crippen LogP contribution >= 0.6 is 0 Å². The molecule has 140 valence electrons. The van der Waals surface area contributed by atoms with Crippen LogP contribution in [-0.2, 0) is 11.3 Å². The monoisotopic (exact) mass is 362 g/mol. The molecular formula is C18H23FN4O3. The van der Waals surface area contributed by atoms with Crippen LogP contribution in [-0.4, -0.2) is 40.8 Å². The van der Waals surface area contributed by atoms with E-state index in [1.165, 1.54) is 6.07 Å². The molecule has 1 fully saturated rings. The number of aromatic nitrogens is 2. The number of amides is 2. The molecule has 2 aromatic rings. The number of ether oxygens (including phenoxy) is 1. The number of carbonyl (C=O) groups excluding carboxylic acids is 1. The maximum Gasteiger partial charge on any atom is 0.321 e. The standard InChI is InChI=1S/C18H23FN4O3/c1-3-25-11-16-21-17(22-26-16)13-6-5-9-23(10-13)18(24)20-15-8-4-7-14(19)12(15)2/h4,7-8,13H,3,5-6,9-11H2,1-2H3,(H,20,24). The van der Waals surface area contributed by atoms with E-state index in [2.05, 4.69) is 15.5 Å². The molecule has 2 heterocycles. The Morgan fingerprint density at radius 2 is 2.35 bits per heavy atom. The average molecular weight is 362 g/mol. The van der Waals surface area contributed by atoms with Gasteiger partial charge in [-0.3, -0.25) is 0 Å². The quantitative estimate of drug-likeness (QED) is 0.881. The summed E-state index contributed by atoms with van der Waals surface area (Å²) in [4.78, 5) is 18.6. The molecule has 1 aromatic carbocycles. The number of likely N-dealkylation sites (tertiary alicyclic amines) is 1. The minimum Gasteiger partial charge on any atom is -0.372 e. The highest BCUT2D eigenvalue weighted by molar-refractivity contribution is 5.90. The van der Waals surface area contributed by atoms with Crippen molar-refractivity contribution < 1.29 is 18.4 Å². The van der Waals surface area contributed by atoms with Crippen LogP contribution in [0.3, 0.4) is 0 Å². The molecule has 0 saturated carbocycles. The van der Waals surface area contributed by atoms with Gasteiger partial charge in [0.25, 0.3) is 5.89 Å². The van der Waals surface area contributed by atoms with Crippen LogP contribution in [0.1, 0.15) is 43.0 Å². The Kier molecular flexibility index (Phi) is 5.82. The fourth-order valence-electron chi connectivity index (χ4n) is 2.99. The number of piperidine rings is 1. The van der Waals surface area contributed by atoms with Crippen LogP contribution < -0.4 is 5.32 Å². The molecule has 0 bridgehead atoms. The second-order valence-electron chi connectivity index (χ2n) is 6.31. The summed E-state index contributed by atoms with van der Waals surface area (Å²) in [5.74, 6) is 0.716. The average Bonchev–Trinajstić information content (AvgIpc) is 3.13. The Bertz CT molecular complexity index is 765. The Labute approximate surface area is 151 Å². The Morgan fingerprint density at radius 1 is 1.50 bits per heavy atom. The summed E-state index contributed by atoms with van der Waals surface area (Å²) in [5.41, 5.74) is 0.906. The third kappa shape index (κ3) is 4.19. The minimum atomic E-state index is -0.340. The number of nitrogens with one attached hydrogen (secondary N) is 1. The van der Waals surface area contributed by atoms with E-state index in [1.54, 1.807) is 24.0 Å². The first-order valence-corrected chi connectivity index (χ1v) is 8.79. The summed E-state index contributed by atoms with van der Waals surface area (Å²) in [6.45, 7) is 5.54. The van der Waals surface area contributed by atoms with Crippen molar-refractivity contribution in [3.05, 3.63) is 41.3 Å². The van der Waals surface area contributed by atoms with Gasteiger partial charge < -0.3 is 19.5 Å². The van der Waals surface area contributed by atoms with E-state index >= 15 is 0 Å². The van der Waals surface area contributed by atoms with Gasteiger partial charge in [0, 0.05) is 36.9 Å². The largest absolute Gasteiger partial charge is 0.372 e. The van der Waals surface area contributed by atoms with E-state index in [-0.39, 0.29) is 17.8 Å². The van der Waals surface area contributed by atoms with Crippen LogP contribution in [0.15, 0.2) is 22.7 Å². The summed E-state index contributed by atoms with van der Waals surface area (Å²) in [5, 5.41) is 6.81. The van der Waals surface area contributed by atoms with Crippen LogP contribution in [0.25, 0.3) is 0 Å². The van der Waals surface area contributed by atoms with Crippen molar-refractivity contribution in [1.82, 2.24) is 15.0 Å². The minimum absolute atomic E-state index is 0.0160. The fraction of sp³-hybridized carbons (Fsp3) is 0.500. The predicted molar refractivity (Wildman–Crippen MR) is 93.3 cm³/mol. The number of halogens is 1. The zero-order valence-corrected chi connectivity index (χ0v) is 15.0. The predicted octanol–water partition coefficient (Wildman–Crippen LogP) is 3.47. The molecule has 2 amide bonds. The third-order valence-corrected chi connectivity index (χ3v) is 4.50. The summed E-state index contributed by atoms with van der Waals surface area (Å²) in [6.07, 6.45) is 1.73. The first kappa shape index (κ1) is 18.3. The smallest absolute Gasteiger partial charge is 0.321 e. The molecule has 1 aliphatic rings. The van der Waals surface area contributed by atoms with Crippen molar-refractivity contribution in [2.75, 3.05) is 25.0 Å². The number of hydrogen-bond acceptors (Lipinski definition) is 5. The molecule has 1 saturated heterocycles. The molecule has 1 N–H and O–H groups in total. The van der Waals surface area contributed by atoms with Crippen molar-refractivity contribution in [2.24, 2.45) is 0 Å². The van der Waals surface area contributed by atoms with E-state index in [4.69, 9.17) is 9.26 Å². The maximum atomic E-state index is 13.6. The molecule has 1 aromatic heterocycles. The molecule has 26 heavy (non-hydrogen) atoms. The Morgan fingerprint density at radius 3 is 3.15 bits per heavy atom. The molecule has 7 nitrogen and oxygen atoms in total. The number of rotatable bonds is 5. The van der Waals surface area contributed by atoms with Crippen molar-refractivity contribution in [2.45, 2.75) is 39.2 Å². The number of anilines is 1. The number of carbonyl (C=O) groups is 1. The summed E-state index contributed by atoms with van der Waals surface area (Å²) < 4.78 is 24.1. The summed E-state index contributed by atoms with van der Waals surface area (Å²) >= 11 is 0. The molecule has 3 rings (SSSR count). The molecule has 8 heteroatoms. The van der Waals surface area contributed by atoms with Gasteiger partial charge >= 0.3 is 6.03 Å². The zero-order chi connectivity index (χ0) is 18.5. The highest BCUT2D eigenvalue weighted by Crippen LogP contribution is 2.26. The van der Waals surface area contributed by atoms with Gasteiger partial charge in [0.2, 0.25) is 0 Å². The lowest BCUT2D eigenvalue weighted by Gasteiger charge is -2.31. The van der Waals surface area contributed by atoms with E-state index < -0.39 is 0 Å². The highest BCUT2D eigenvalue weighted by atomic mass is 19.1. The van der Waals surface area contributed by atoms with Gasteiger partial charge in [0.05, 0.1) is 0 Å². The van der Waals surface area contributed by atoms with Gasteiger partial charge in [-0.1, -0.05) is 11.2 Å². The SMILES string of the molecule is CCOCc1nc(C2CCCN(C(=O)Nc3cccc(F)c3C)C2)no1. The van der Waals surface area contributed by atoms with Crippen molar-refractivity contribution in [1.29, 1.82) is 0 Å². The Balaban J connectivity index is 1.63. The van der Waals surface area contributed by atoms with Crippen LogP contribution in [0.5, 0.6) is 0 Å². The normalized spacial score (nSPS) is 17.3. The maximum absolute atomic E-state index is 13.6. The Hall–Kier alpha value is -2.48. The van der Waals surface area contributed by atoms with Crippen molar-refractivity contribution in [3.8, 4) is 0 Å². The van der Waals surface area contributed by atoms with Crippen molar-refractivity contribution >= 4 is 11.7 Å². The highest BCUT2D eigenvalue weighted by Gasteiger charge is 2.28. The van der Waals surface area contributed by atoms with E-state index in [0.717, 1.165) is 12.8 Å². The van der Waals surface area contributed by atoms with Crippen LogP contribution in [0.4, 0.5) is 14.9 Å². The van der Waals surface area contributed by atoms with Gasteiger partial charge in [-0.25, -0.2) is 9.18 Å². The van der Waals surface area contributed by atoms with Gasteiger partial charge in [0.1, 0.15) is 12.4 Å². The molecule has 0 spiro atoms. The van der Waals surface area contributed by atoms with Gasteiger partial charge in [-0.15, -0.1) is 0 Å². The van der Waals surface area contributed by atoms with Gasteiger partial charge in [0.15, 0.2) is 5.82 Å². The number of benzene rings is 1. The van der Waals surface area contributed by atoms with Crippen LogP contribution in [0, 0.1) is 12.7 Å². The first-order valence-electron chi connectivity index (χ1n) is 8.79. The molecule has 1 aliphatic heterocycles. The lowest BCUT2D eigenvalue weighted by atomic mass is 9.97. The lowest BCUT2D eigenvalue weighted by molar-refractivity contribution is 0.109. The molecular weight excluding hydrogens is 339 g/mol. The molecule has 1 unspecified atom stereocenters. The lowest BCUT2D eigenvalue weighted by Crippen LogP contribution is -2.42. The second kappa shape index (κ2) is 8.27. The summed E-state index contributed by atoms with van der Waals surface area (Å²) in [6, 6.07) is 4.40. The van der Waals surface area contributed by atoms with Gasteiger partial charge in [-0.2, -0.15) is 4.98 Å². The third-order valence-electron chi connectivity index (χ3n) is 4.50.